The maximum Gasteiger partial charge on any atom is 0.349 e. The SMILES string of the molecule is CN1CCN(c2cc(C(O)C#Cc3ccc(C(=O)OC(=O)c4ccc(/C=C/C(O)c5cc(N6CCN(C)CC6)c(OCc6ccccc6)c(C(C)(C)C)c5)cc4O)cc3)cc(C(C)(C)C)c2OCc2ccccc2)CC1. The van der Waals surface area contributed by atoms with Crippen molar-refractivity contribution in [2.45, 2.75) is 77.8 Å². The van der Waals surface area contributed by atoms with Gasteiger partial charge in [0.25, 0.3) is 0 Å². The van der Waals surface area contributed by atoms with Gasteiger partial charge in [0.2, 0.25) is 0 Å². The maximum absolute atomic E-state index is 13.2. The van der Waals surface area contributed by atoms with Crippen LogP contribution in [0, 0.1) is 11.8 Å². The smallest absolute Gasteiger partial charge is 0.349 e. The number of hydrogen-bond acceptors (Lipinski definition) is 12. The number of hydrogen-bond donors (Lipinski definition) is 3. The molecule has 12 nitrogen and oxygen atoms in total. The lowest BCUT2D eigenvalue weighted by Gasteiger charge is -2.37. The van der Waals surface area contributed by atoms with E-state index in [1.807, 2.05) is 84.9 Å². The number of phenols is 1. The summed E-state index contributed by atoms with van der Waals surface area (Å²) in [5.41, 5.74) is 7.64. The molecule has 2 aliphatic heterocycles. The molecule has 0 aromatic heterocycles. The third kappa shape index (κ3) is 13.9. The monoisotopic (exact) mass is 1020 g/mol. The van der Waals surface area contributed by atoms with Gasteiger partial charge in [-0.15, -0.1) is 0 Å². The van der Waals surface area contributed by atoms with E-state index in [0.717, 1.165) is 97.5 Å². The Balaban J connectivity index is 0.935. The zero-order chi connectivity index (χ0) is 54.1. The van der Waals surface area contributed by atoms with E-state index in [9.17, 15) is 24.9 Å². The third-order valence-corrected chi connectivity index (χ3v) is 14.0. The van der Waals surface area contributed by atoms with Gasteiger partial charge in [0.05, 0.1) is 23.0 Å². The first-order valence-corrected chi connectivity index (χ1v) is 26.1. The van der Waals surface area contributed by atoms with Crippen molar-refractivity contribution >= 4 is 29.4 Å². The number of benzene rings is 6. The highest BCUT2D eigenvalue weighted by Gasteiger charge is 2.30. The van der Waals surface area contributed by atoms with E-state index in [1.165, 1.54) is 24.3 Å². The van der Waals surface area contributed by atoms with Crippen molar-refractivity contribution in [1.82, 2.24) is 9.80 Å². The molecule has 2 saturated heterocycles. The normalized spacial score (nSPS) is 15.4. The van der Waals surface area contributed by atoms with Crippen LogP contribution in [0.4, 0.5) is 11.4 Å². The largest absolute Gasteiger partial charge is 0.507 e. The summed E-state index contributed by atoms with van der Waals surface area (Å²) in [4.78, 5) is 35.7. The Morgan fingerprint density at radius 1 is 0.605 bits per heavy atom. The fourth-order valence-electron chi connectivity index (χ4n) is 9.30. The number of esters is 2. The van der Waals surface area contributed by atoms with Crippen LogP contribution in [-0.4, -0.2) is 104 Å². The van der Waals surface area contributed by atoms with Gasteiger partial charge in [0.15, 0.2) is 0 Å². The van der Waals surface area contributed by atoms with Crippen molar-refractivity contribution in [2.75, 3.05) is 76.3 Å². The van der Waals surface area contributed by atoms with E-state index in [2.05, 4.69) is 87.1 Å². The van der Waals surface area contributed by atoms with Gasteiger partial charge < -0.3 is 49.1 Å². The number of phenolic OH excluding ortho intramolecular Hbond substituents is 1. The van der Waals surface area contributed by atoms with Crippen LogP contribution in [-0.2, 0) is 28.8 Å². The van der Waals surface area contributed by atoms with Crippen LogP contribution in [0.15, 0.2) is 133 Å². The lowest BCUT2D eigenvalue weighted by molar-refractivity contribution is 0.0396. The van der Waals surface area contributed by atoms with Gasteiger partial charge >= 0.3 is 11.9 Å². The quantitative estimate of drug-likeness (QED) is 0.0545. The Bertz CT molecular complexity index is 3060. The van der Waals surface area contributed by atoms with Crippen LogP contribution >= 0.6 is 0 Å². The number of carbonyl (C=O) groups is 2. The van der Waals surface area contributed by atoms with Crippen molar-refractivity contribution in [3.8, 4) is 29.1 Å². The molecule has 6 aromatic carbocycles. The van der Waals surface area contributed by atoms with Gasteiger partial charge in [0, 0.05) is 69.0 Å². The second-order valence-corrected chi connectivity index (χ2v) is 22.0. The van der Waals surface area contributed by atoms with Gasteiger partial charge in [-0.25, -0.2) is 9.59 Å². The number of aliphatic hydroxyl groups excluding tert-OH is 2. The van der Waals surface area contributed by atoms with Gasteiger partial charge in [-0.3, -0.25) is 0 Å². The minimum absolute atomic E-state index is 0.103. The number of nitrogens with zero attached hydrogens (tertiary/aromatic N) is 4. The highest BCUT2D eigenvalue weighted by atomic mass is 16.6. The zero-order valence-electron chi connectivity index (χ0n) is 45.2. The van der Waals surface area contributed by atoms with Crippen molar-refractivity contribution < 1.29 is 39.1 Å². The Morgan fingerprint density at radius 2 is 1.09 bits per heavy atom. The van der Waals surface area contributed by atoms with Crippen LogP contribution in [0.25, 0.3) is 6.08 Å². The molecule has 2 aliphatic rings. The molecule has 0 amide bonds. The first-order valence-electron chi connectivity index (χ1n) is 26.1. The van der Waals surface area contributed by atoms with Gasteiger partial charge in [-0.2, -0.15) is 0 Å². The van der Waals surface area contributed by atoms with Gasteiger partial charge in [-0.05, 0) is 113 Å². The Kier molecular flexibility index (Phi) is 17.4. The molecule has 8 rings (SSSR count). The summed E-state index contributed by atoms with van der Waals surface area (Å²) in [6.45, 7) is 20.5. The molecule has 0 radical (unpaired) electrons. The van der Waals surface area contributed by atoms with Crippen LogP contribution in [0.3, 0.4) is 0 Å². The molecular weight excluding hydrogens is 953 g/mol. The molecule has 6 aromatic rings. The average Bonchev–Trinajstić information content (AvgIpc) is 3.47. The Hall–Kier alpha value is -7.40. The molecule has 2 fully saturated rings. The van der Waals surface area contributed by atoms with Crippen LogP contribution < -0.4 is 19.3 Å². The highest BCUT2D eigenvalue weighted by Crippen LogP contribution is 2.44. The zero-order valence-corrected chi connectivity index (χ0v) is 45.2. The van der Waals surface area contributed by atoms with E-state index in [4.69, 9.17) is 14.2 Å². The number of anilines is 2. The van der Waals surface area contributed by atoms with Crippen LogP contribution in [0.2, 0.25) is 0 Å². The second kappa shape index (κ2) is 24.1. The van der Waals surface area contributed by atoms with Gasteiger partial charge in [0.1, 0.15) is 42.1 Å². The van der Waals surface area contributed by atoms with Crippen molar-refractivity contribution in [3.63, 3.8) is 0 Å². The molecule has 3 N–H and O–H groups in total. The summed E-state index contributed by atoms with van der Waals surface area (Å²) in [5.74, 6) is 5.33. The average molecular weight is 1030 g/mol. The Morgan fingerprint density at radius 3 is 1.58 bits per heavy atom. The predicted molar refractivity (Wildman–Crippen MR) is 301 cm³/mol. The third-order valence-electron chi connectivity index (χ3n) is 14.0. The lowest BCUT2D eigenvalue weighted by atomic mass is 9.84. The van der Waals surface area contributed by atoms with E-state index in [-0.39, 0.29) is 27.7 Å². The minimum atomic E-state index is -1.12. The van der Waals surface area contributed by atoms with Crippen LogP contribution in [0.1, 0.15) is 119 Å². The first kappa shape index (κ1) is 54.8. The summed E-state index contributed by atoms with van der Waals surface area (Å²) >= 11 is 0. The summed E-state index contributed by atoms with van der Waals surface area (Å²) in [6.07, 6.45) is 1.18. The first-order chi connectivity index (χ1) is 36.3. The topological polar surface area (TPSA) is 135 Å². The van der Waals surface area contributed by atoms with E-state index >= 15 is 0 Å². The molecule has 12 heteroatoms. The lowest BCUT2D eigenvalue weighted by Crippen LogP contribution is -2.44. The summed E-state index contributed by atoms with van der Waals surface area (Å²) in [7, 11) is 4.23. The number of carbonyl (C=O) groups excluding carboxylic acids is 2. The van der Waals surface area contributed by atoms with E-state index in [0.29, 0.717) is 35.5 Å². The number of aliphatic hydroxyl groups is 2. The molecule has 2 atom stereocenters. The molecular formula is C64H72N4O8. The summed E-state index contributed by atoms with van der Waals surface area (Å²) in [5, 5.41) is 34.2. The predicted octanol–water partition coefficient (Wildman–Crippen LogP) is 10.5. The Labute approximate surface area is 448 Å². The van der Waals surface area contributed by atoms with E-state index in [1.54, 1.807) is 30.4 Å². The minimum Gasteiger partial charge on any atom is -0.507 e. The molecule has 0 aliphatic carbocycles. The van der Waals surface area contributed by atoms with Crippen molar-refractivity contribution in [1.29, 1.82) is 0 Å². The molecule has 0 spiro atoms. The van der Waals surface area contributed by atoms with E-state index < -0.39 is 24.1 Å². The number of piperazine rings is 2. The number of aromatic hydroxyl groups is 1. The fraction of sp³-hybridized carbons (Fsp3) is 0.344. The maximum atomic E-state index is 13.2. The summed E-state index contributed by atoms with van der Waals surface area (Å²) < 4.78 is 18.5. The highest BCUT2D eigenvalue weighted by molar-refractivity contribution is 6.04. The molecule has 2 heterocycles. The number of likely N-dealkylation sites (N-methyl/N-ethyl adjacent to an activating group) is 2. The molecule has 76 heavy (non-hydrogen) atoms. The molecule has 396 valence electrons. The molecule has 0 bridgehead atoms. The number of rotatable bonds is 14. The van der Waals surface area contributed by atoms with Crippen LogP contribution in [0.5, 0.6) is 17.2 Å². The molecule has 2 unspecified atom stereocenters. The van der Waals surface area contributed by atoms with Crippen molar-refractivity contribution in [3.05, 3.63) is 189 Å². The standard InChI is InChI=1S/C64H72N4O8/c1-63(2,3)52-38-49(40-54(67-33-29-65(7)30-34-67)59(52)74-42-46-15-11-9-12-16-46)56(69)27-22-44-19-24-48(25-20-44)61(72)76-62(73)51-26-21-45(37-58(51)71)23-28-57(70)50-39-53(64(4,5)6)60(75-43-47-17-13-10-14-18-47)55(41-50)68-35-31-66(8)32-36-68/h9-21,23-26,28,37-41,56-57,69-71H,29-36,42-43H2,1-8H3/b28-23+. The van der Waals surface area contributed by atoms with Crippen molar-refractivity contribution in [2.24, 2.45) is 0 Å². The fourth-order valence-corrected chi connectivity index (χ4v) is 9.30. The molecule has 0 saturated carbocycles. The van der Waals surface area contributed by atoms with Gasteiger partial charge in [-0.1, -0.05) is 132 Å². The summed E-state index contributed by atoms with van der Waals surface area (Å²) in [6, 6.07) is 38.8. The second-order valence-electron chi connectivity index (χ2n) is 22.0. The number of ether oxygens (including phenoxy) is 3.